The van der Waals surface area contributed by atoms with Crippen LogP contribution in [0.15, 0.2) is 24.3 Å². The van der Waals surface area contributed by atoms with Crippen molar-refractivity contribution < 1.29 is 9.18 Å². The fourth-order valence-electron chi connectivity index (χ4n) is 4.08. The van der Waals surface area contributed by atoms with E-state index < -0.39 is 0 Å². The van der Waals surface area contributed by atoms with Gasteiger partial charge in [0.25, 0.3) is 0 Å². The summed E-state index contributed by atoms with van der Waals surface area (Å²) in [5.41, 5.74) is 1.07. The number of carbonyl (C=O) groups excluding carboxylic acids is 1. The number of rotatable bonds is 5. The molecule has 0 aliphatic carbocycles. The molecule has 1 aromatic heterocycles. The van der Waals surface area contributed by atoms with Crippen LogP contribution in [0.1, 0.15) is 48.8 Å². The van der Waals surface area contributed by atoms with E-state index in [1.54, 1.807) is 12.1 Å². The number of aromatic nitrogens is 3. The van der Waals surface area contributed by atoms with Crippen LogP contribution >= 0.6 is 0 Å². The number of aryl methyl sites for hydroxylation is 1. The van der Waals surface area contributed by atoms with E-state index in [-0.39, 0.29) is 17.6 Å². The van der Waals surface area contributed by atoms with Crippen LogP contribution in [0.4, 0.5) is 4.39 Å². The SMILES string of the molecule is O=C(CCCc1ccc(F)cc1)N1CCC[C@H](c2nnc3n2CCNC3)C1. The zero-order valence-corrected chi connectivity index (χ0v) is 15.5. The van der Waals surface area contributed by atoms with E-state index in [0.29, 0.717) is 6.42 Å². The summed E-state index contributed by atoms with van der Waals surface area (Å²) in [5, 5.41) is 12.1. The maximum atomic E-state index is 13.0. The van der Waals surface area contributed by atoms with Crippen molar-refractivity contribution in [1.29, 1.82) is 0 Å². The Balaban J connectivity index is 1.32. The number of halogens is 1. The number of piperidine rings is 1. The van der Waals surface area contributed by atoms with Gasteiger partial charge in [-0.3, -0.25) is 4.79 Å². The fourth-order valence-corrected chi connectivity index (χ4v) is 4.08. The van der Waals surface area contributed by atoms with Crippen LogP contribution in [-0.2, 0) is 24.3 Å². The Morgan fingerprint density at radius 1 is 1.22 bits per heavy atom. The topological polar surface area (TPSA) is 63.1 Å². The van der Waals surface area contributed by atoms with Crippen molar-refractivity contribution in [3.63, 3.8) is 0 Å². The van der Waals surface area contributed by atoms with Crippen LogP contribution in [0, 0.1) is 5.82 Å². The van der Waals surface area contributed by atoms with Gasteiger partial charge in [-0.2, -0.15) is 0 Å². The lowest BCUT2D eigenvalue weighted by molar-refractivity contribution is -0.132. The Kier molecular flexibility index (Phi) is 5.48. The van der Waals surface area contributed by atoms with E-state index >= 15 is 0 Å². The number of nitrogens with zero attached hydrogens (tertiary/aromatic N) is 4. The van der Waals surface area contributed by atoms with Gasteiger partial charge in [0.1, 0.15) is 17.5 Å². The third-order valence-corrected chi connectivity index (χ3v) is 5.56. The van der Waals surface area contributed by atoms with Crippen molar-refractivity contribution >= 4 is 5.91 Å². The molecule has 3 heterocycles. The Hall–Kier alpha value is -2.28. The molecular weight excluding hydrogens is 345 g/mol. The predicted octanol–water partition coefficient (Wildman–Crippen LogP) is 2.25. The minimum atomic E-state index is -0.222. The van der Waals surface area contributed by atoms with E-state index in [9.17, 15) is 9.18 Å². The van der Waals surface area contributed by atoms with Crippen LogP contribution in [0.2, 0.25) is 0 Å². The number of fused-ring (bicyclic) bond motifs is 1. The number of hydrogen-bond acceptors (Lipinski definition) is 4. The van der Waals surface area contributed by atoms with Crippen molar-refractivity contribution in [3.05, 3.63) is 47.3 Å². The first-order chi connectivity index (χ1) is 13.2. The van der Waals surface area contributed by atoms with Gasteiger partial charge in [-0.05, 0) is 43.4 Å². The fraction of sp³-hybridized carbons (Fsp3) is 0.550. The smallest absolute Gasteiger partial charge is 0.222 e. The second-order valence-corrected chi connectivity index (χ2v) is 7.46. The normalized spacial score (nSPS) is 19.7. The summed E-state index contributed by atoms with van der Waals surface area (Å²) in [6.45, 7) is 4.18. The number of likely N-dealkylation sites (tertiary alicyclic amines) is 1. The lowest BCUT2D eigenvalue weighted by Crippen LogP contribution is -2.40. The van der Waals surface area contributed by atoms with Gasteiger partial charge in [0, 0.05) is 38.5 Å². The van der Waals surface area contributed by atoms with Gasteiger partial charge in [-0.1, -0.05) is 12.1 Å². The van der Waals surface area contributed by atoms with Gasteiger partial charge in [0.05, 0.1) is 6.54 Å². The molecule has 1 fully saturated rings. The first-order valence-electron chi connectivity index (χ1n) is 9.85. The van der Waals surface area contributed by atoms with Gasteiger partial charge in [-0.15, -0.1) is 10.2 Å². The molecule has 0 saturated carbocycles. The number of benzene rings is 1. The van der Waals surface area contributed by atoms with E-state index in [2.05, 4.69) is 20.1 Å². The first-order valence-corrected chi connectivity index (χ1v) is 9.85. The van der Waals surface area contributed by atoms with E-state index in [1.165, 1.54) is 12.1 Å². The highest BCUT2D eigenvalue weighted by Crippen LogP contribution is 2.27. The molecule has 1 atom stereocenters. The molecule has 2 aliphatic rings. The quantitative estimate of drug-likeness (QED) is 0.876. The molecule has 1 N–H and O–H groups in total. The summed E-state index contributed by atoms with van der Waals surface area (Å²) in [5.74, 6) is 2.30. The van der Waals surface area contributed by atoms with E-state index in [4.69, 9.17) is 0 Å². The minimum Gasteiger partial charge on any atom is -0.342 e. The molecule has 6 nitrogen and oxygen atoms in total. The van der Waals surface area contributed by atoms with Crippen LogP contribution in [-0.4, -0.2) is 45.2 Å². The lowest BCUT2D eigenvalue weighted by Gasteiger charge is -2.33. The van der Waals surface area contributed by atoms with Crippen molar-refractivity contribution in [1.82, 2.24) is 25.0 Å². The van der Waals surface area contributed by atoms with Gasteiger partial charge in [0.2, 0.25) is 5.91 Å². The van der Waals surface area contributed by atoms with Crippen molar-refractivity contribution in [3.8, 4) is 0 Å². The second-order valence-electron chi connectivity index (χ2n) is 7.46. The van der Waals surface area contributed by atoms with Crippen LogP contribution < -0.4 is 5.32 Å². The maximum Gasteiger partial charge on any atom is 0.222 e. The van der Waals surface area contributed by atoms with E-state index in [1.807, 2.05) is 4.90 Å². The monoisotopic (exact) mass is 371 g/mol. The second kappa shape index (κ2) is 8.17. The molecule has 0 unspecified atom stereocenters. The Morgan fingerprint density at radius 3 is 2.93 bits per heavy atom. The summed E-state index contributed by atoms with van der Waals surface area (Å²) >= 11 is 0. The zero-order valence-electron chi connectivity index (χ0n) is 15.5. The average Bonchev–Trinajstić information content (AvgIpc) is 3.14. The largest absolute Gasteiger partial charge is 0.342 e. The van der Waals surface area contributed by atoms with Gasteiger partial charge in [0.15, 0.2) is 0 Å². The first kappa shape index (κ1) is 18.1. The highest BCUT2D eigenvalue weighted by Gasteiger charge is 2.29. The molecule has 2 aromatic rings. The highest BCUT2D eigenvalue weighted by molar-refractivity contribution is 5.76. The third-order valence-electron chi connectivity index (χ3n) is 5.56. The van der Waals surface area contributed by atoms with Crippen LogP contribution in [0.5, 0.6) is 0 Å². The molecule has 1 aromatic carbocycles. The van der Waals surface area contributed by atoms with Gasteiger partial charge in [-0.25, -0.2) is 4.39 Å². The summed E-state index contributed by atoms with van der Waals surface area (Å²) in [4.78, 5) is 14.6. The van der Waals surface area contributed by atoms with Gasteiger partial charge >= 0.3 is 0 Å². The third kappa shape index (κ3) is 4.18. The standard InChI is InChI=1S/C20H26FN5O/c21-17-8-6-15(7-9-17)3-1-5-19(27)25-11-2-4-16(14-25)20-24-23-18-13-22-10-12-26(18)20/h6-9,16,22H,1-5,10-14H2/t16-/m0/s1. The summed E-state index contributed by atoms with van der Waals surface area (Å²) in [6.07, 6.45) is 4.19. The molecule has 1 saturated heterocycles. The molecule has 144 valence electrons. The molecule has 0 bridgehead atoms. The number of carbonyl (C=O) groups is 1. The molecule has 27 heavy (non-hydrogen) atoms. The Morgan fingerprint density at radius 2 is 2.07 bits per heavy atom. The van der Waals surface area contributed by atoms with Crippen LogP contribution in [0.25, 0.3) is 0 Å². The Bertz CT molecular complexity index is 788. The van der Waals surface area contributed by atoms with Gasteiger partial charge < -0.3 is 14.8 Å². The molecule has 2 aliphatic heterocycles. The van der Waals surface area contributed by atoms with Crippen molar-refractivity contribution in [2.24, 2.45) is 0 Å². The molecule has 7 heteroatoms. The average molecular weight is 371 g/mol. The summed E-state index contributed by atoms with van der Waals surface area (Å²) in [7, 11) is 0. The van der Waals surface area contributed by atoms with Crippen LogP contribution in [0.3, 0.4) is 0 Å². The highest BCUT2D eigenvalue weighted by atomic mass is 19.1. The Labute approximate surface area is 158 Å². The summed E-state index contributed by atoms with van der Waals surface area (Å²) < 4.78 is 15.2. The predicted molar refractivity (Wildman–Crippen MR) is 99.6 cm³/mol. The molecule has 0 spiro atoms. The molecule has 0 radical (unpaired) electrons. The van der Waals surface area contributed by atoms with E-state index in [0.717, 1.165) is 75.6 Å². The minimum absolute atomic E-state index is 0.210. The van der Waals surface area contributed by atoms with Crippen molar-refractivity contribution in [2.75, 3.05) is 19.6 Å². The maximum absolute atomic E-state index is 13.0. The van der Waals surface area contributed by atoms with Crippen molar-refractivity contribution in [2.45, 2.75) is 51.1 Å². The lowest BCUT2D eigenvalue weighted by atomic mass is 9.96. The molecule has 4 rings (SSSR count). The number of hydrogen-bond donors (Lipinski definition) is 1. The summed E-state index contributed by atoms with van der Waals surface area (Å²) in [6, 6.07) is 6.53. The zero-order chi connectivity index (χ0) is 18.6. The number of amides is 1. The molecular formula is C20H26FN5O. The molecule has 1 amide bonds. The number of nitrogens with one attached hydrogen (secondary N) is 1.